The summed E-state index contributed by atoms with van der Waals surface area (Å²) in [7, 11) is 0. The Morgan fingerprint density at radius 3 is 2.70 bits per heavy atom. The molecule has 0 fully saturated rings. The lowest BCUT2D eigenvalue weighted by molar-refractivity contribution is -0.113. The van der Waals surface area contributed by atoms with Gasteiger partial charge < -0.3 is 5.32 Å². The number of anilines is 1. The van der Waals surface area contributed by atoms with Crippen LogP contribution in [0.3, 0.4) is 0 Å². The molecule has 9 heteroatoms. The molecule has 4 nitrogen and oxygen atoms in total. The number of amides is 1. The molecule has 2 aromatic rings. The van der Waals surface area contributed by atoms with Crippen LogP contribution in [0.4, 0.5) is 5.69 Å². The van der Waals surface area contributed by atoms with Crippen LogP contribution in [0, 0.1) is 0 Å². The zero-order valence-electron chi connectivity index (χ0n) is 10.2. The normalized spacial score (nSPS) is 10.6. The first-order valence-corrected chi connectivity index (χ1v) is 9.12. The molecule has 1 aromatic carbocycles. The number of hydrogen-bond donors (Lipinski definition) is 1. The number of nitrogens with zero attached hydrogens (tertiary/aromatic N) is 2. The van der Waals surface area contributed by atoms with Gasteiger partial charge in [-0.25, -0.2) is 0 Å². The van der Waals surface area contributed by atoms with Crippen molar-refractivity contribution < 1.29 is 4.79 Å². The van der Waals surface area contributed by atoms with Gasteiger partial charge in [-0.15, -0.1) is 10.2 Å². The van der Waals surface area contributed by atoms with E-state index in [1.165, 1.54) is 34.9 Å². The first-order chi connectivity index (χ1) is 9.58. The second kappa shape index (κ2) is 7.51. The van der Waals surface area contributed by atoms with E-state index >= 15 is 0 Å². The molecule has 1 aromatic heterocycles. The Labute approximate surface area is 138 Å². The van der Waals surface area contributed by atoms with Crippen LogP contribution < -0.4 is 5.32 Å². The van der Waals surface area contributed by atoms with E-state index in [0.29, 0.717) is 15.7 Å². The third-order valence-corrected chi connectivity index (χ3v) is 5.86. The minimum atomic E-state index is -0.130. The lowest BCUT2D eigenvalue weighted by Gasteiger charge is -2.05. The highest BCUT2D eigenvalue weighted by Crippen LogP contribution is 2.28. The van der Waals surface area contributed by atoms with E-state index in [0.717, 1.165) is 8.68 Å². The summed E-state index contributed by atoms with van der Waals surface area (Å²) >= 11 is 16.0. The fraction of sp³-hybridized carbons (Fsp3) is 0.182. The van der Waals surface area contributed by atoms with Crippen molar-refractivity contribution >= 4 is 69.7 Å². The molecule has 0 radical (unpaired) electrons. The van der Waals surface area contributed by atoms with Crippen LogP contribution in [0.5, 0.6) is 0 Å². The van der Waals surface area contributed by atoms with Crippen LogP contribution in [0.25, 0.3) is 0 Å². The van der Waals surface area contributed by atoms with Gasteiger partial charge in [-0.3, -0.25) is 4.79 Å². The van der Waals surface area contributed by atoms with Gasteiger partial charge in [0.25, 0.3) is 0 Å². The number of carbonyl (C=O) groups is 1. The van der Waals surface area contributed by atoms with Gasteiger partial charge in [-0.2, -0.15) is 0 Å². The molecule has 1 heterocycles. The highest BCUT2D eigenvalue weighted by molar-refractivity contribution is 8.03. The van der Waals surface area contributed by atoms with Crippen molar-refractivity contribution in [2.75, 3.05) is 17.3 Å². The molecule has 1 N–H and O–H groups in total. The highest BCUT2D eigenvalue weighted by Gasteiger charge is 2.08. The van der Waals surface area contributed by atoms with Gasteiger partial charge in [0.1, 0.15) is 0 Å². The Morgan fingerprint density at radius 1 is 1.30 bits per heavy atom. The summed E-state index contributed by atoms with van der Waals surface area (Å²) in [5.74, 6) is 0.137. The molecule has 0 saturated carbocycles. The summed E-state index contributed by atoms with van der Waals surface area (Å²) in [5, 5.41) is 11.6. The standard InChI is InChI=1S/C11H9Cl2N3OS3/c1-18-10-15-16-11(20-10)19-5-9(17)14-6-2-3-7(12)8(13)4-6/h2-4H,5H2,1H3,(H,14,17). The molecule has 0 bridgehead atoms. The van der Waals surface area contributed by atoms with Crippen LogP contribution >= 0.6 is 58.1 Å². The summed E-state index contributed by atoms with van der Waals surface area (Å²) in [6.45, 7) is 0. The maximum absolute atomic E-state index is 11.8. The first-order valence-electron chi connectivity index (χ1n) is 5.33. The van der Waals surface area contributed by atoms with Crippen molar-refractivity contribution in [2.45, 2.75) is 8.68 Å². The fourth-order valence-corrected chi connectivity index (χ4v) is 3.77. The minimum absolute atomic E-state index is 0.130. The monoisotopic (exact) mass is 365 g/mol. The molecule has 0 spiro atoms. The van der Waals surface area contributed by atoms with Gasteiger partial charge >= 0.3 is 0 Å². The molecule has 20 heavy (non-hydrogen) atoms. The SMILES string of the molecule is CSc1nnc(SCC(=O)Nc2ccc(Cl)c(Cl)c2)s1. The summed E-state index contributed by atoms with van der Waals surface area (Å²) in [5.41, 5.74) is 0.618. The van der Waals surface area contributed by atoms with Crippen molar-refractivity contribution in [3.8, 4) is 0 Å². The van der Waals surface area contributed by atoms with Crippen LogP contribution in [0.1, 0.15) is 0 Å². The number of halogens is 2. The van der Waals surface area contributed by atoms with E-state index < -0.39 is 0 Å². The zero-order valence-corrected chi connectivity index (χ0v) is 14.2. The van der Waals surface area contributed by atoms with Crippen molar-refractivity contribution in [3.63, 3.8) is 0 Å². The Balaban J connectivity index is 1.87. The quantitative estimate of drug-likeness (QED) is 0.800. The molecule has 0 aliphatic carbocycles. The summed E-state index contributed by atoms with van der Waals surface area (Å²) in [6, 6.07) is 4.96. The number of carbonyl (C=O) groups excluding carboxylic acids is 1. The van der Waals surface area contributed by atoms with Crippen molar-refractivity contribution in [3.05, 3.63) is 28.2 Å². The third-order valence-electron chi connectivity index (χ3n) is 2.09. The highest BCUT2D eigenvalue weighted by atomic mass is 35.5. The number of aromatic nitrogens is 2. The smallest absolute Gasteiger partial charge is 0.234 e. The van der Waals surface area contributed by atoms with E-state index in [1.54, 1.807) is 18.2 Å². The molecular formula is C11H9Cl2N3OS3. The lowest BCUT2D eigenvalue weighted by atomic mass is 10.3. The zero-order chi connectivity index (χ0) is 14.5. The molecule has 0 atom stereocenters. The average Bonchev–Trinajstić information content (AvgIpc) is 2.89. The number of thioether (sulfide) groups is 2. The minimum Gasteiger partial charge on any atom is -0.325 e. The van der Waals surface area contributed by atoms with Gasteiger partial charge in [0, 0.05) is 5.69 Å². The molecule has 0 unspecified atom stereocenters. The first kappa shape index (κ1) is 15.9. The maximum Gasteiger partial charge on any atom is 0.234 e. The predicted octanol–water partition coefficient (Wildman–Crippen LogP) is 4.30. The van der Waals surface area contributed by atoms with Crippen molar-refractivity contribution in [2.24, 2.45) is 0 Å². The van der Waals surface area contributed by atoms with Gasteiger partial charge in [-0.1, -0.05) is 58.1 Å². The largest absolute Gasteiger partial charge is 0.325 e. The average molecular weight is 366 g/mol. The van der Waals surface area contributed by atoms with Crippen LogP contribution in [0.15, 0.2) is 26.9 Å². The van der Waals surface area contributed by atoms with E-state index in [9.17, 15) is 4.79 Å². The van der Waals surface area contributed by atoms with E-state index in [1.807, 2.05) is 6.26 Å². The maximum atomic E-state index is 11.8. The molecule has 2 rings (SSSR count). The Morgan fingerprint density at radius 2 is 2.05 bits per heavy atom. The van der Waals surface area contributed by atoms with Crippen LogP contribution in [-0.2, 0) is 4.79 Å². The fourth-order valence-electron chi connectivity index (χ4n) is 1.24. The number of nitrogens with one attached hydrogen (secondary N) is 1. The van der Waals surface area contributed by atoms with E-state index in [4.69, 9.17) is 23.2 Å². The molecule has 0 saturated heterocycles. The van der Waals surface area contributed by atoms with Gasteiger partial charge in [0.2, 0.25) is 5.91 Å². The number of hydrogen-bond acceptors (Lipinski definition) is 6. The van der Waals surface area contributed by atoms with Crippen LogP contribution in [0.2, 0.25) is 10.0 Å². The number of rotatable bonds is 5. The van der Waals surface area contributed by atoms with Crippen molar-refractivity contribution in [1.29, 1.82) is 0 Å². The molecular weight excluding hydrogens is 357 g/mol. The lowest BCUT2D eigenvalue weighted by Crippen LogP contribution is -2.13. The Hall–Kier alpha value is -0.470. The van der Waals surface area contributed by atoms with Gasteiger partial charge in [-0.05, 0) is 24.5 Å². The summed E-state index contributed by atoms with van der Waals surface area (Å²) in [6.07, 6.45) is 1.94. The van der Waals surface area contributed by atoms with E-state index in [2.05, 4.69) is 15.5 Å². The Bertz CT molecular complexity index is 621. The molecule has 1 amide bonds. The molecule has 0 aliphatic rings. The molecule has 0 aliphatic heterocycles. The van der Waals surface area contributed by atoms with Gasteiger partial charge in [0.05, 0.1) is 15.8 Å². The molecule has 106 valence electrons. The second-order valence-electron chi connectivity index (χ2n) is 3.50. The van der Waals surface area contributed by atoms with Gasteiger partial charge in [0.15, 0.2) is 8.68 Å². The van der Waals surface area contributed by atoms with Crippen LogP contribution in [-0.4, -0.2) is 28.1 Å². The van der Waals surface area contributed by atoms with Crippen molar-refractivity contribution in [1.82, 2.24) is 10.2 Å². The Kier molecular flexibility index (Phi) is 5.98. The predicted molar refractivity (Wildman–Crippen MR) is 87.5 cm³/mol. The second-order valence-corrected chi connectivity index (χ2v) is 7.57. The summed E-state index contributed by atoms with van der Waals surface area (Å²) < 4.78 is 1.66. The van der Waals surface area contributed by atoms with E-state index in [-0.39, 0.29) is 11.7 Å². The number of benzene rings is 1. The summed E-state index contributed by atoms with van der Waals surface area (Å²) in [4.78, 5) is 11.8. The topological polar surface area (TPSA) is 54.9 Å². The third kappa shape index (κ3) is 4.53.